The molecule has 0 radical (unpaired) electrons. The predicted octanol–water partition coefficient (Wildman–Crippen LogP) is 14.5. The zero-order valence-corrected chi connectivity index (χ0v) is 31.3. The van der Waals surface area contributed by atoms with Gasteiger partial charge in [0.2, 0.25) is 0 Å². The third-order valence-electron chi connectivity index (χ3n) is 12.0. The molecule has 9 aromatic carbocycles. The number of anilines is 1. The first kappa shape index (κ1) is 32.4. The molecule has 2 heteroatoms. The van der Waals surface area contributed by atoms with Crippen molar-refractivity contribution >= 4 is 48.9 Å². The Bertz CT molecular complexity index is 3110. The van der Waals surface area contributed by atoms with Gasteiger partial charge in [-0.05, 0) is 103 Å². The van der Waals surface area contributed by atoms with Crippen LogP contribution in [0.5, 0.6) is 0 Å². The average molecular weight is 715 g/mol. The summed E-state index contributed by atoms with van der Waals surface area (Å²) in [6, 6.07) is 66.0. The first-order valence-corrected chi connectivity index (χ1v) is 19.5. The summed E-state index contributed by atoms with van der Waals surface area (Å²) in [7, 11) is 0. The summed E-state index contributed by atoms with van der Waals surface area (Å²) in [5, 5.41) is 12.6. The van der Waals surface area contributed by atoms with Gasteiger partial charge in [0.1, 0.15) is 0 Å². The van der Waals surface area contributed by atoms with E-state index in [1.807, 2.05) is 0 Å². The largest absolute Gasteiger partial charge is 0.374 e. The molecule has 0 bridgehead atoms. The van der Waals surface area contributed by atoms with E-state index in [0.717, 1.165) is 22.5 Å². The molecule has 0 aliphatic carbocycles. The van der Waals surface area contributed by atoms with Gasteiger partial charge in [-0.3, -0.25) is 0 Å². The maximum atomic E-state index is 5.65. The van der Waals surface area contributed by atoms with Crippen LogP contribution in [0.3, 0.4) is 0 Å². The molecule has 2 heterocycles. The van der Waals surface area contributed by atoms with Gasteiger partial charge in [0.25, 0.3) is 0 Å². The minimum atomic E-state index is 0.00715. The number of fused-ring (bicyclic) bond motifs is 8. The van der Waals surface area contributed by atoms with Gasteiger partial charge in [-0.1, -0.05) is 170 Å². The van der Waals surface area contributed by atoms with Crippen LogP contribution in [0.2, 0.25) is 0 Å². The van der Waals surface area contributed by atoms with Crippen LogP contribution in [-0.2, 0) is 0 Å². The number of aryl methyl sites for hydroxylation is 2. The highest BCUT2D eigenvalue weighted by Gasteiger charge is 2.31. The highest BCUT2D eigenvalue weighted by atomic mass is 14.9. The summed E-state index contributed by atoms with van der Waals surface area (Å²) in [5.41, 5.74) is 16.9. The summed E-state index contributed by atoms with van der Waals surface area (Å²) in [6.45, 7) is 4.64. The number of pyridine rings is 1. The third-order valence-corrected chi connectivity index (χ3v) is 12.0. The number of benzene rings is 9. The highest BCUT2D eigenvalue weighted by molar-refractivity contribution is 6.23. The Morgan fingerprint density at radius 3 is 1.61 bits per heavy atom. The molecule has 264 valence electrons. The van der Waals surface area contributed by atoms with Gasteiger partial charge >= 0.3 is 0 Å². The van der Waals surface area contributed by atoms with Gasteiger partial charge in [0.05, 0.1) is 17.3 Å². The Morgan fingerprint density at radius 1 is 0.429 bits per heavy atom. The van der Waals surface area contributed by atoms with Gasteiger partial charge in [-0.25, -0.2) is 4.98 Å². The Hall–Kier alpha value is -7.03. The van der Waals surface area contributed by atoms with Gasteiger partial charge in [0, 0.05) is 27.6 Å². The minimum absolute atomic E-state index is 0.00715. The minimum Gasteiger partial charge on any atom is -0.374 e. The lowest BCUT2D eigenvalue weighted by atomic mass is 9.77. The van der Waals surface area contributed by atoms with Crippen molar-refractivity contribution in [2.45, 2.75) is 19.9 Å². The number of hydrogen-bond donors (Lipinski definition) is 1. The fourth-order valence-electron chi connectivity index (χ4n) is 9.64. The molecule has 1 aliphatic rings. The quantitative estimate of drug-likeness (QED) is 0.145. The van der Waals surface area contributed by atoms with Crippen molar-refractivity contribution in [1.82, 2.24) is 4.98 Å². The second kappa shape index (κ2) is 12.8. The molecule has 10 aromatic rings. The van der Waals surface area contributed by atoms with E-state index < -0.39 is 0 Å². The second-order valence-electron chi connectivity index (χ2n) is 15.1. The van der Waals surface area contributed by atoms with Crippen LogP contribution in [0.15, 0.2) is 182 Å². The second-order valence-corrected chi connectivity index (χ2v) is 15.1. The average Bonchev–Trinajstić information content (AvgIpc) is 3.26. The van der Waals surface area contributed by atoms with Gasteiger partial charge in [-0.2, -0.15) is 0 Å². The van der Waals surface area contributed by atoms with E-state index in [9.17, 15) is 0 Å². The van der Waals surface area contributed by atoms with Gasteiger partial charge in [0.15, 0.2) is 0 Å². The topological polar surface area (TPSA) is 24.9 Å². The van der Waals surface area contributed by atoms with Crippen LogP contribution in [0.4, 0.5) is 5.69 Å². The van der Waals surface area contributed by atoms with Gasteiger partial charge < -0.3 is 5.32 Å². The summed E-state index contributed by atoms with van der Waals surface area (Å²) >= 11 is 0. The van der Waals surface area contributed by atoms with Crippen LogP contribution >= 0.6 is 0 Å². The van der Waals surface area contributed by atoms with E-state index in [-0.39, 0.29) is 6.04 Å². The van der Waals surface area contributed by atoms with E-state index >= 15 is 0 Å². The molecule has 0 fully saturated rings. The molecule has 1 aromatic heterocycles. The molecule has 1 N–H and O–H groups in total. The molecule has 56 heavy (non-hydrogen) atoms. The first-order valence-electron chi connectivity index (χ1n) is 19.5. The normalized spacial score (nSPS) is 13.5. The van der Waals surface area contributed by atoms with E-state index in [0.29, 0.717) is 0 Å². The molecule has 11 rings (SSSR count). The number of nitrogens with zero attached hydrogens (tertiary/aromatic N) is 1. The van der Waals surface area contributed by atoms with Gasteiger partial charge in [-0.15, -0.1) is 0 Å². The third kappa shape index (κ3) is 4.86. The smallest absolute Gasteiger partial charge is 0.0791 e. The molecular weight excluding hydrogens is 677 g/mol. The molecule has 1 aliphatic heterocycles. The number of hydrogen-bond acceptors (Lipinski definition) is 2. The van der Waals surface area contributed by atoms with E-state index in [2.05, 4.69) is 201 Å². The SMILES string of the molecule is Cc1c2c(c(C)c3c1c(-c1ccccc1)nc1cc(-c4c5ccccc5c(-c5ccccc5)c5ccccc45)ccc13)C(c1ccccc1)Nc1ccccc1-2. The van der Waals surface area contributed by atoms with Crippen molar-refractivity contribution in [1.29, 1.82) is 0 Å². The van der Waals surface area contributed by atoms with Crippen LogP contribution in [-0.4, -0.2) is 4.98 Å². The maximum absolute atomic E-state index is 5.65. The van der Waals surface area contributed by atoms with E-state index in [4.69, 9.17) is 4.98 Å². The fraction of sp³-hybridized carbons (Fsp3) is 0.0556. The molecule has 1 unspecified atom stereocenters. The summed E-state index contributed by atoms with van der Waals surface area (Å²) < 4.78 is 0. The number of rotatable bonds is 4. The lowest BCUT2D eigenvalue weighted by Crippen LogP contribution is -2.20. The Kier molecular flexibility index (Phi) is 7.40. The summed E-state index contributed by atoms with van der Waals surface area (Å²) in [4.78, 5) is 5.65. The van der Waals surface area contributed by atoms with Crippen molar-refractivity contribution in [2.24, 2.45) is 0 Å². The Morgan fingerprint density at radius 2 is 0.964 bits per heavy atom. The van der Waals surface area contributed by atoms with Crippen LogP contribution in [0.25, 0.3) is 87.9 Å². The molecule has 0 amide bonds. The Balaban J connectivity index is 1.25. The van der Waals surface area contributed by atoms with Crippen molar-refractivity contribution < 1.29 is 0 Å². The van der Waals surface area contributed by atoms with Crippen molar-refractivity contribution in [3.63, 3.8) is 0 Å². The molecule has 0 saturated heterocycles. The van der Waals surface area contributed by atoms with Crippen LogP contribution in [0, 0.1) is 13.8 Å². The molecule has 0 spiro atoms. The molecule has 2 nitrogen and oxygen atoms in total. The lowest BCUT2D eigenvalue weighted by molar-refractivity contribution is 0.919. The van der Waals surface area contributed by atoms with Crippen LogP contribution < -0.4 is 5.32 Å². The highest BCUT2D eigenvalue weighted by Crippen LogP contribution is 2.52. The van der Waals surface area contributed by atoms with Crippen molar-refractivity contribution in [3.05, 3.63) is 204 Å². The van der Waals surface area contributed by atoms with Crippen molar-refractivity contribution in [2.75, 3.05) is 5.32 Å². The maximum Gasteiger partial charge on any atom is 0.0791 e. The van der Waals surface area contributed by atoms with E-state index in [1.54, 1.807) is 0 Å². The fourth-order valence-corrected chi connectivity index (χ4v) is 9.64. The number of para-hydroxylation sites is 1. The predicted molar refractivity (Wildman–Crippen MR) is 237 cm³/mol. The van der Waals surface area contributed by atoms with E-state index in [1.165, 1.54) is 93.3 Å². The summed E-state index contributed by atoms with van der Waals surface area (Å²) in [5.74, 6) is 0. The first-order chi connectivity index (χ1) is 27.7. The monoisotopic (exact) mass is 714 g/mol. The zero-order chi connectivity index (χ0) is 37.3. The summed E-state index contributed by atoms with van der Waals surface area (Å²) in [6.07, 6.45) is 0. The molecule has 0 saturated carbocycles. The zero-order valence-electron chi connectivity index (χ0n) is 31.3. The number of aromatic nitrogens is 1. The molecular formula is C54H38N2. The Labute approximate surface area is 326 Å². The van der Waals surface area contributed by atoms with Crippen molar-refractivity contribution in [3.8, 4) is 44.6 Å². The lowest BCUT2D eigenvalue weighted by Gasteiger charge is -2.34. The number of nitrogens with one attached hydrogen (secondary N) is 1. The molecule has 1 atom stereocenters. The standard InChI is InChI=1S/C54H38N2/c1-33-47-43-28-16-17-29-45(43)55-53(36-20-8-4-9-21-36)49(47)34(2)48-44-31-30-38(32-46(44)56-54(50(33)48)37-22-10-5-11-23-37)52-41-26-14-12-24-39(41)51(35-18-6-3-7-19-35)40-25-13-15-27-42(40)52/h3-32,53,55H,1-2H3. The van der Waals surface area contributed by atoms with Crippen LogP contribution in [0.1, 0.15) is 28.3 Å².